The fourth-order valence-electron chi connectivity index (χ4n) is 1.87. The highest BCUT2D eigenvalue weighted by Gasteiger charge is 2.13. The highest BCUT2D eigenvalue weighted by atomic mass is 35.5. The van der Waals surface area contributed by atoms with Crippen molar-refractivity contribution in [2.45, 2.75) is 4.90 Å². The summed E-state index contributed by atoms with van der Waals surface area (Å²) in [6, 6.07) is 12.1. The lowest BCUT2D eigenvalue weighted by Crippen LogP contribution is -2.13. The van der Waals surface area contributed by atoms with E-state index >= 15 is 0 Å². The number of amides is 1. The maximum Gasteiger partial charge on any atom is 0.259 e. The number of ether oxygens (including phenoxy) is 1. The van der Waals surface area contributed by atoms with E-state index in [1.165, 1.54) is 7.11 Å². The van der Waals surface area contributed by atoms with Gasteiger partial charge in [-0.3, -0.25) is 4.79 Å². The number of nitrogens with one attached hydrogen (secondary N) is 1. The maximum atomic E-state index is 12.4. The van der Waals surface area contributed by atoms with Crippen LogP contribution in [0.25, 0.3) is 0 Å². The number of thioether (sulfide) groups is 1. The quantitative estimate of drug-likeness (QED) is 0.852. The van der Waals surface area contributed by atoms with E-state index in [1.807, 2.05) is 24.5 Å². The van der Waals surface area contributed by atoms with Gasteiger partial charge in [-0.15, -0.1) is 11.8 Å². The lowest BCUT2D eigenvalue weighted by atomic mass is 10.1. The molecular formula is C16H13ClN2O2S. The zero-order chi connectivity index (χ0) is 16.1. The number of nitrogens with zero attached hydrogens (tertiary/aromatic N) is 1. The van der Waals surface area contributed by atoms with E-state index < -0.39 is 0 Å². The minimum Gasteiger partial charge on any atom is -0.496 e. The Labute approximate surface area is 138 Å². The molecule has 0 bridgehead atoms. The Kier molecular flexibility index (Phi) is 5.31. The molecule has 0 aromatic heterocycles. The molecule has 0 spiro atoms. The molecule has 0 fully saturated rings. The van der Waals surface area contributed by atoms with Gasteiger partial charge in [-0.2, -0.15) is 5.26 Å². The van der Waals surface area contributed by atoms with Crippen LogP contribution in [0.4, 0.5) is 5.69 Å². The minimum atomic E-state index is -0.301. The van der Waals surface area contributed by atoms with Gasteiger partial charge in [0.05, 0.1) is 23.3 Å². The predicted molar refractivity (Wildman–Crippen MR) is 88.9 cm³/mol. The molecule has 4 nitrogen and oxygen atoms in total. The summed E-state index contributed by atoms with van der Waals surface area (Å²) >= 11 is 7.52. The predicted octanol–water partition coefficient (Wildman–Crippen LogP) is 4.19. The molecule has 0 atom stereocenters. The Balaban J connectivity index is 2.26. The van der Waals surface area contributed by atoms with Crippen LogP contribution in [0.2, 0.25) is 5.02 Å². The third kappa shape index (κ3) is 3.53. The molecule has 0 aliphatic rings. The number of nitriles is 1. The van der Waals surface area contributed by atoms with Crippen LogP contribution in [0.3, 0.4) is 0 Å². The Morgan fingerprint density at radius 1 is 1.32 bits per heavy atom. The smallest absolute Gasteiger partial charge is 0.259 e. The summed E-state index contributed by atoms with van der Waals surface area (Å²) in [4.78, 5) is 13.4. The Morgan fingerprint density at radius 3 is 2.68 bits per heavy atom. The number of hydrogen-bond donors (Lipinski definition) is 1. The van der Waals surface area contributed by atoms with Gasteiger partial charge in [-0.25, -0.2) is 0 Å². The fraction of sp³-hybridized carbons (Fsp3) is 0.125. The van der Waals surface area contributed by atoms with Crippen molar-refractivity contribution in [3.8, 4) is 11.8 Å². The van der Waals surface area contributed by atoms with Crippen molar-refractivity contribution in [1.29, 1.82) is 5.26 Å². The van der Waals surface area contributed by atoms with Crippen molar-refractivity contribution in [2.75, 3.05) is 18.7 Å². The Hall–Kier alpha value is -2.16. The topological polar surface area (TPSA) is 62.1 Å². The molecule has 22 heavy (non-hydrogen) atoms. The molecule has 112 valence electrons. The summed E-state index contributed by atoms with van der Waals surface area (Å²) in [7, 11) is 1.52. The minimum absolute atomic E-state index is 0.296. The number of carbonyl (C=O) groups is 1. The third-order valence-corrected chi connectivity index (χ3v) is 4.04. The normalized spacial score (nSPS) is 9.91. The SMILES string of the molecule is COc1cc(SC)ccc1C(=O)Nc1ccc(C#N)c(Cl)c1. The number of anilines is 1. The molecule has 0 aliphatic heterocycles. The maximum absolute atomic E-state index is 12.4. The molecule has 0 saturated carbocycles. The van der Waals surface area contributed by atoms with Gasteiger partial charge in [0.2, 0.25) is 0 Å². The molecule has 2 aromatic rings. The van der Waals surface area contributed by atoms with E-state index in [2.05, 4.69) is 5.32 Å². The largest absolute Gasteiger partial charge is 0.496 e. The molecule has 2 rings (SSSR count). The van der Waals surface area contributed by atoms with Crippen molar-refractivity contribution >= 4 is 35.0 Å². The van der Waals surface area contributed by atoms with Gasteiger partial charge in [0.1, 0.15) is 11.8 Å². The number of rotatable bonds is 4. The average molecular weight is 333 g/mol. The summed E-state index contributed by atoms with van der Waals surface area (Å²) in [5.74, 6) is 0.203. The van der Waals surface area contributed by atoms with Crippen LogP contribution < -0.4 is 10.1 Å². The zero-order valence-corrected chi connectivity index (χ0v) is 13.6. The van der Waals surface area contributed by atoms with E-state index in [-0.39, 0.29) is 5.91 Å². The van der Waals surface area contributed by atoms with Crippen LogP contribution in [-0.2, 0) is 0 Å². The summed E-state index contributed by atoms with van der Waals surface area (Å²) in [5, 5.41) is 11.9. The third-order valence-electron chi connectivity index (χ3n) is 3.00. The molecule has 0 aliphatic carbocycles. The molecule has 1 N–H and O–H groups in total. The molecular weight excluding hydrogens is 320 g/mol. The number of hydrogen-bond acceptors (Lipinski definition) is 4. The van der Waals surface area contributed by atoms with E-state index in [0.29, 0.717) is 27.6 Å². The van der Waals surface area contributed by atoms with Gasteiger partial charge < -0.3 is 10.1 Å². The first kappa shape index (κ1) is 16.2. The summed E-state index contributed by atoms with van der Waals surface area (Å²) in [5.41, 5.74) is 1.31. The average Bonchev–Trinajstić information content (AvgIpc) is 2.54. The number of carbonyl (C=O) groups excluding carboxylic acids is 1. The van der Waals surface area contributed by atoms with Gasteiger partial charge in [0, 0.05) is 10.6 Å². The Bertz CT molecular complexity index is 756. The van der Waals surface area contributed by atoms with Crippen LogP contribution in [0.15, 0.2) is 41.3 Å². The summed E-state index contributed by atoms with van der Waals surface area (Å²) in [6.07, 6.45) is 1.95. The van der Waals surface area contributed by atoms with Crippen LogP contribution in [0.5, 0.6) is 5.75 Å². The second kappa shape index (κ2) is 7.21. The summed E-state index contributed by atoms with van der Waals surface area (Å²) < 4.78 is 5.26. The van der Waals surface area contributed by atoms with E-state index in [1.54, 1.807) is 36.0 Å². The Morgan fingerprint density at radius 2 is 2.09 bits per heavy atom. The van der Waals surface area contributed by atoms with Crippen molar-refractivity contribution in [3.63, 3.8) is 0 Å². The van der Waals surface area contributed by atoms with E-state index in [0.717, 1.165) is 4.90 Å². The first-order valence-electron chi connectivity index (χ1n) is 6.32. The van der Waals surface area contributed by atoms with Crippen LogP contribution in [-0.4, -0.2) is 19.3 Å². The van der Waals surface area contributed by atoms with Crippen LogP contribution >= 0.6 is 23.4 Å². The van der Waals surface area contributed by atoms with Crippen molar-refractivity contribution in [3.05, 3.63) is 52.5 Å². The van der Waals surface area contributed by atoms with Gasteiger partial charge in [0.25, 0.3) is 5.91 Å². The van der Waals surface area contributed by atoms with Gasteiger partial charge in [0.15, 0.2) is 0 Å². The molecule has 0 radical (unpaired) electrons. The molecule has 2 aromatic carbocycles. The van der Waals surface area contributed by atoms with E-state index in [4.69, 9.17) is 21.6 Å². The second-order valence-corrected chi connectivity index (χ2v) is 5.61. The molecule has 0 saturated heterocycles. The van der Waals surface area contributed by atoms with Crippen molar-refractivity contribution in [1.82, 2.24) is 0 Å². The lowest BCUT2D eigenvalue weighted by Gasteiger charge is -2.11. The second-order valence-electron chi connectivity index (χ2n) is 4.33. The van der Waals surface area contributed by atoms with Gasteiger partial charge >= 0.3 is 0 Å². The highest BCUT2D eigenvalue weighted by molar-refractivity contribution is 7.98. The van der Waals surface area contributed by atoms with E-state index in [9.17, 15) is 4.79 Å². The first-order chi connectivity index (χ1) is 10.6. The monoisotopic (exact) mass is 332 g/mol. The van der Waals surface area contributed by atoms with Crippen molar-refractivity contribution < 1.29 is 9.53 Å². The number of halogens is 1. The van der Waals surface area contributed by atoms with Crippen LogP contribution in [0.1, 0.15) is 15.9 Å². The number of benzene rings is 2. The van der Waals surface area contributed by atoms with Crippen molar-refractivity contribution in [2.24, 2.45) is 0 Å². The van der Waals surface area contributed by atoms with Crippen LogP contribution in [0, 0.1) is 11.3 Å². The highest BCUT2D eigenvalue weighted by Crippen LogP contribution is 2.27. The molecule has 0 unspecified atom stereocenters. The lowest BCUT2D eigenvalue weighted by molar-refractivity contribution is 0.102. The molecule has 0 heterocycles. The zero-order valence-electron chi connectivity index (χ0n) is 12.0. The molecule has 1 amide bonds. The number of methoxy groups -OCH3 is 1. The molecule has 6 heteroatoms. The summed E-state index contributed by atoms with van der Waals surface area (Å²) in [6.45, 7) is 0. The van der Waals surface area contributed by atoms with Gasteiger partial charge in [-0.1, -0.05) is 11.6 Å². The fourth-order valence-corrected chi connectivity index (χ4v) is 2.52. The standard InChI is InChI=1S/C16H13ClN2O2S/c1-21-15-8-12(22-2)5-6-13(15)16(20)19-11-4-3-10(9-18)14(17)7-11/h3-8H,1-2H3,(H,19,20). The van der Waals surface area contributed by atoms with Gasteiger partial charge in [-0.05, 0) is 42.7 Å². The first-order valence-corrected chi connectivity index (χ1v) is 7.92.